The van der Waals surface area contributed by atoms with Gasteiger partial charge in [-0.25, -0.2) is 9.97 Å². The Morgan fingerprint density at radius 1 is 1.50 bits per heavy atom. The van der Waals surface area contributed by atoms with Gasteiger partial charge in [0, 0.05) is 32.8 Å². The summed E-state index contributed by atoms with van der Waals surface area (Å²) in [5, 5.41) is 4.08. The molecule has 1 fully saturated rings. The van der Waals surface area contributed by atoms with Crippen molar-refractivity contribution in [3.8, 4) is 0 Å². The lowest BCUT2D eigenvalue weighted by Crippen LogP contribution is -2.47. The van der Waals surface area contributed by atoms with E-state index in [4.69, 9.17) is 4.74 Å². The van der Waals surface area contributed by atoms with Crippen molar-refractivity contribution < 1.29 is 4.74 Å². The molecule has 112 valence electrons. The quantitative estimate of drug-likeness (QED) is 0.666. The predicted molar refractivity (Wildman–Crippen MR) is 84.8 cm³/mol. The highest BCUT2D eigenvalue weighted by atomic mass is 32.2. The smallest absolute Gasteiger partial charge is 0.191 e. The summed E-state index contributed by atoms with van der Waals surface area (Å²) in [4.78, 5) is 11.4. The lowest BCUT2D eigenvalue weighted by molar-refractivity contribution is -0.00483. The van der Waals surface area contributed by atoms with Crippen LogP contribution in [0.5, 0.6) is 0 Å². The number of aromatic nitrogens is 2. The first kappa shape index (κ1) is 15.4. The van der Waals surface area contributed by atoms with E-state index in [-0.39, 0.29) is 5.60 Å². The molecule has 1 atom stereocenters. The normalized spacial score (nSPS) is 22.9. The van der Waals surface area contributed by atoms with Gasteiger partial charge < -0.3 is 15.0 Å². The number of methoxy groups -OCH3 is 1. The van der Waals surface area contributed by atoms with Crippen LogP contribution in [0.25, 0.3) is 0 Å². The fraction of sp³-hybridized carbons (Fsp3) is 0.714. The summed E-state index contributed by atoms with van der Waals surface area (Å²) in [5.41, 5.74) is -0.0823. The Balaban J connectivity index is 2.24. The lowest BCUT2D eigenvalue weighted by Gasteiger charge is -2.40. The zero-order chi connectivity index (χ0) is 14.6. The van der Waals surface area contributed by atoms with Gasteiger partial charge in [-0.15, -0.1) is 0 Å². The van der Waals surface area contributed by atoms with Crippen LogP contribution in [0.4, 0.5) is 11.6 Å². The van der Waals surface area contributed by atoms with Crippen molar-refractivity contribution in [3.63, 3.8) is 0 Å². The van der Waals surface area contributed by atoms with Crippen LogP contribution >= 0.6 is 11.8 Å². The number of piperidine rings is 1. The first-order valence-corrected chi connectivity index (χ1v) is 8.30. The van der Waals surface area contributed by atoms with Gasteiger partial charge >= 0.3 is 0 Å². The third-order valence-electron chi connectivity index (χ3n) is 3.71. The van der Waals surface area contributed by atoms with Gasteiger partial charge in [0.05, 0.1) is 5.60 Å². The van der Waals surface area contributed by atoms with Crippen molar-refractivity contribution >= 4 is 23.4 Å². The van der Waals surface area contributed by atoms with E-state index in [1.54, 1.807) is 18.9 Å². The van der Waals surface area contributed by atoms with Crippen molar-refractivity contribution in [1.29, 1.82) is 0 Å². The molecule has 0 radical (unpaired) electrons. The van der Waals surface area contributed by atoms with Crippen LogP contribution in [-0.2, 0) is 4.74 Å². The molecule has 0 bridgehead atoms. The van der Waals surface area contributed by atoms with Gasteiger partial charge in [-0.2, -0.15) is 0 Å². The molecule has 5 nitrogen and oxygen atoms in total. The summed E-state index contributed by atoms with van der Waals surface area (Å²) < 4.78 is 5.66. The Kier molecular flexibility index (Phi) is 5.10. The Labute approximate surface area is 125 Å². The number of thioether (sulfide) groups is 1. The summed E-state index contributed by atoms with van der Waals surface area (Å²) in [5.74, 6) is 1.88. The Hall–Kier alpha value is -1.01. The predicted octanol–water partition coefficient (Wildman–Crippen LogP) is 2.64. The molecular formula is C14H24N4OS. The van der Waals surface area contributed by atoms with Gasteiger partial charge in [0.1, 0.15) is 11.6 Å². The van der Waals surface area contributed by atoms with Crippen LogP contribution in [0.1, 0.15) is 26.7 Å². The van der Waals surface area contributed by atoms with E-state index >= 15 is 0 Å². The third kappa shape index (κ3) is 3.55. The van der Waals surface area contributed by atoms with Gasteiger partial charge in [0.2, 0.25) is 0 Å². The minimum atomic E-state index is -0.0823. The molecule has 0 aliphatic carbocycles. The van der Waals surface area contributed by atoms with E-state index in [1.807, 2.05) is 12.3 Å². The molecule has 0 aromatic carbocycles. The molecule has 1 aliphatic heterocycles. The van der Waals surface area contributed by atoms with Crippen molar-refractivity contribution in [3.05, 3.63) is 6.07 Å². The monoisotopic (exact) mass is 296 g/mol. The Bertz CT molecular complexity index is 457. The molecule has 6 heteroatoms. The zero-order valence-corrected chi connectivity index (χ0v) is 13.6. The first-order valence-electron chi connectivity index (χ1n) is 7.07. The van der Waals surface area contributed by atoms with Crippen molar-refractivity contribution in [2.24, 2.45) is 0 Å². The highest BCUT2D eigenvalue weighted by molar-refractivity contribution is 7.98. The van der Waals surface area contributed by atoms with E-state index in [1.165, 1.54) is 0 Å². The van der Waals surface area contributed by atoms with Crippen LogP contribution in [-0.4, -0.2) is 48.6 Å². The molecular weight excluding hydrogens is 272 g/mol. The van der Waals surface area contributed by atoms with Crippen molar-refractivity contribution in [2.75, 3.05) is 43.2 Å². The molecule has 0 saturated carbocycles. The standard InChI is InChI=1S/C14H24N4OS/c1-5-15-11-9-12(17-13(16-11)20-4)18-8-6-7-14(2,10-18)19-3/h9H,5-8,10H2,1-4H3,(H,15,16,17). The van der Waals surface area contributed by atoms with E-state index in [0.717, 1.165) is 49.3 Å². The Morgan fingerprint density at radius 3 is 2.95 bits per heavy atom. The van der Waals surface area contributed by atoms with Gasteiger partial charge in [-0.3, -0.25) is 0 Å². The number of rotatable bonds is 5. The summed E-state index contributed by atoms with van der Waals surface area (Å²) >= 11 is 1.57. The van der Waals surface area contributed by atoms with Crippen molar-refractivity contribution in [1.82, 2.24) is 9.97 Å². The summed E-state index contributed by atoms with van der Waals surface area (Å²) in [6, 6.07) is 2.03. The molecule has 1 aromatic rings. The maximum absolute atomic E-state index is 5.66. The topological polar surface area (TPSA) is 50.3 Å². The first-order chi connectivity index (χ1) is 9.60. The molecule has 2 rings (SSSR count). The molecule has 20 heavy (non-hydrogen) atoms. The fourth-order valence-corrected chi connectivity index (χ4v) is 2.88. The van der Waals surface area contributed by atoms with E-state index in [2.05, 4.69) is 34.0 Å². The molecule has 1 saturated heterocycles. The molecule has 1 aromatic heterocycles. The highest BCUT2D eigenvalue weighted by Crippen LogP contribution is 2.28. The average Bonchev–Trinajstić information content (AvgIpc) is 2.47. The van der Waals surface area contributed by atoms with Crippen LogP contribution in [0.3, 0.4) is 0 Å². The van der Waals surface area contributed by atoms with E-state index in [9.17, 15) is 0 Å². The minimum Gasteiger partial charge on any atom is -0.377 e. The lowest BCUT2D eigenvalue weighted by atomic mass is 9.95. The maximum Gasteiger partial charge on any atom is 0.191 e. The van der Waals surface area contributed by atoms with E-state index in [0.29, 0.717) is 0 Å². The number of nitrogens with one attached hydrogen (secondary N) is 1. The zero-order valence-electron chi connectivity index (χ0n) is 12.8. The second-order valence-corrected chi connectivity index (χ2v) is 6.08. The molecule has 0 amide bonds. The summed E-state index contributed by atoms with van der Waals surface area (Å²) in [7, 11) is 1.79. The SMILES string of the molecule is CCNc1cc(N2CCCC(C)(OC)C2)nc(SC)n1. The van der Waals surface area contributed by atoms with Crippen LogP contribution in [0.15, 0.2) is 11.2 Å². The number of ether oxygens (including phenoxy) is 1. The molecule has 2 heterocycles. The second-order valence-electron chi connectivity index (χ2n) is 5.31. The fourth-order valence-electron chi connectivity index (χ4n) is 2.51. The summed E-state index contributed by atoms with van der Waals surface area (Å²) in [6.07, 6.45) is 4.23. The number of anilines is 2. The molecule has 1 N–H and O–H groups in total. The number of nitrogens with zero attached hydrogens (tertiary/aromatic N) is 3. The van der Waals surface area contributed by atoms with Gasteiger partial charge in [0.25, 0.3) is 0 Å². The van der Waals surface area contributed by atoms with Gasteiger partial charge in [0.15, 0.2) is 5.16 Å². The molecule has 1 unspecified atom stereocenters. The number of hydrogen-bond donors (Lipinski definition) is 1. The number of hydrogen-bond acceptors (Lipinski definition) is 6. The average molecular weight is 296 g/mol. The third-order valence-corrected chi connectivity index (χ3v) is 4.26. The van der Waals surface area contributed by atoms with Crippen LogP contribution in [0, 0.1) is 0 Å². The summed E-state index contributed by atoms with van der Waals surface area (Å²) in [6.45, 7) is 7.00. The van der Waals surface area contributed by atoms with Crippen LogP contribution in [0.2, 0.25) is 0 Å². The van der Waals surface area contributed by atoms with Gasteiger partial charge in [-0.1, -0.05) is 11.8 Å². The Morgan fingerprint density at radius 2 is 2.30 bits per heavy atom. The second kappa shape index (κ2) is 6.63. The minimum absolute atomic E-state index is 0.0823. The van der Waals surface area contributed by atoms with Crippen molar-refractivity contribution in [2.45, 2.75) is 37.4 Å². The van der Waals surface area contributed by atoms with Crippen LogP contribution < -0.4 is 10.2 Å². The van der Waals surface area contributed by atoms with E-state index < -0.39 is 0 Å². The molecule has 1 aliphatic rings. The maximum atomic E-state index is 5.66. The highest BCUT2D eigenvalue weighted by Gasteiger charge is 2.31. The largest absolute Gasteiger partial charge is 0.377 e. The molecule has 0 spiro atoms. The van der Waals surface area contributed by atoms with Gasteiger partial charge in [-0.05, 0) is 32.9 Å².